The average molecular weight is 315 g/mol. The highest BCUT2D eigenvalue weighted by atomic mass is 19.1. The molecule has 1 aliphatic rings. The van der Waals surface area contributed by atoms with E-state index in [4.69, 9.17) is 0 Å². The first-order chi connectivity index (χ1) is 11.1. The zero-order valence-corrected chi connectivity index (χ0v) is 13.4. The highest BCUT2D eigenvalue weighted by molar-refractivity contribution is 5.76. The molecule has 0 saturated carbocycles. The Morgan fingerprint density at radius 3 is 3.04 bits per heavy atom. The lowest BCUT2D eigenvalue weighted by molar-refractivity contribution is -0.130. The number of aromatic nitrogens is 2. The normalized spacial score (nSPS) is 17.7. The molecule has 122 valence electrons. The Bertz CT molecular complexity index is 682. The van der Waals surface area contributed by atoms with E-state index in [1.165, 1.54) is 6.07 Å². The molecule has 0 N–H and O–H groups in total. The topological polar surface area (TPSA) is 38.1 Å². The Kier molecular flexibility index (Phi) is 4.74. The standard InChI is InChI=1S/C18H22FN3O/c1-14-20-8-11-21(14)9-3-6-18(23)22-10-7-16(13-22)15-4-2-5-17(19)12-15/h2,4-5,8,11-12,16H,3,6-7,9-10,13H2,1H3/t16-/m1/s1. The summed E-state index contributed by atoms with van der Waals surface area (Å²) in [5.74, 6) is 1.22. The molecule has 0 spiro atoms. The molecule has 23 heavy (non-hydrogen) atoms. The number of carbonyl (C=O) groups is 1. The molecular formula is C18H22FN3O. The Balaban J connectivity index is 1.48. The minimum absolute atomic E-state index is 0.196. The van der Waals surface area contributed by atoms with Crippen molar-refractivity contribution in [2.75, 3.05) is 13.1 Å². The predicted molar refractivity (Wildman–Crippen MR) is 86.5 cm³/mol. The Morgan fingerprint density at radius 1 is 1.43 bits per heavy atom. The predicted octanol–water partition coefficient (Wildman–Crippen LogP) is 3.13. The second-order valence-corrected chi connectivity index (χ2v) is 6.15. The molecule has 4 nitrogen and oxygen atoms in total. The molecule has 0 bridgehead atoms. The largest absolute Gasteiger partial charge is 0.342 e. The van der Waals surface area contributed by atoms with Crippen molar-refractivity contribution in [3.8, 4) is 0 Å². The Hall–Kier alpha value is -2.17. The summed E-state index contributed by atoms with van der Waals surface area (Å²) in [7, 11) is 0. The molecule has 1 aromatic carbocycles. The second-order valence-electron chi connectivity index (χ2n) is 6.15. The van der Waals surface area contributed by atoms with Crippen LogP contribution < -0.4 is 0 Å². The van der Waals surface area contributed by atoms with Gasteiger partial charge in [0.1, 0.15) is 11.6 Å². The highest BCUT2D eigenvalue weighted by Gasteiger charge is 2.27. The molecule has 1 saturated heterocycles. The van der Waals surface area contributed by atoms with E-state index in [9.17, 15) is 9.18 Å². The van der Waals surface area contributed by atoms with E-state index in [1.54, 1.807) is 18.3 Å². The fourth-order valence-electron chi connectivity index (χ4n) is 3.22. The molecule has 0 aliphatic carbocycles. The zero-order chi connectivity index (χ0) is 16.2. The number of amides is 1. The number of rotatable bonds is 5. The number of nitrogens with zero attached hydrogens (tertiary/aromatic N) is 3. The van der Waals surface area contributed by atoms with Crippen molar-refractivity contribution in [2.24, 2.45) is 0 Å². The molecule has 2 heterocycles. The molecule has 5 heteroatoms. The van der Waals surface area contributed by atoms with Crippen LogP contribution in [0.4, 0.5) is 4.39 Å². The molecule has 0 unspecified atom stereocenters. The Morgan fingerprint density at radius 2 is 2.30 bits per heavy atom. The van der Waals surface area contributed by atoms with Crippen molar-refractivity contribution >= 4 is 5.91 Å². The minimum atomic E-state index is -0.206. The van der Waals surface area contributed by atoms with Crippen LogP contribution in [0, 0.1) is 12.7 Å². The molecule has 1 atom stereocenters. The lowest BCUT2D eigenvalue weighted by Gasteiger charge is -2.17. The maximum Gasteiger partial charge on any atom is 0.222 e. The van der Waals surface area contributed by atoms with Gasteiger partial charge in [-0.25, -0.2) is 9.37 Å². The minimum Gasteiger partial charge on any atom is -0.342 e. The molecule has 3 rings (SSSR count). The van der Waals surface area contributed by atoms with E-state index in [-0.39, 0.29) is 17.6 Å². The van der Waals surface area contributed by atoms with Crippen LogP contribution in [0.5, 0.6) is 0 Å². The van der Waals surface area contributed by atoms with Crippen LogP contribution in [0.25, 0.3) is 0 Å². The van der Waals surface area contributed by atoms with Crippen LogP contribution in [0.1, 0.15) is 36.6 Å². The van der Waals surface area contributed by atoms with Gasteiger partial charge in [0.25, 0.3) is 0 Å². The number of halogens is 1. The SMILES string of the molecule is Cc1nccn1CCCC(=O)N1CC[C@@H](c2cccc(F)c2)C1. The van der Waals surface area contributed by atoms with Crippen LogP contribution in [-0.2, 0) is 11.3 Å². The average Bonchev–Trinajstić information content (AvgIpc) is 3.17. The van der Waals surface area contributed by atoms with Gasteiger partial charge >= 0.3 is 0 Å². The summed E-state index contributed by atoms with van der Waals surface area (Å²) >= 11 is 0. The quantitative estimate of drug-likeness (QED) is 0.850. The van der Waals surface area contributed by atoms with Gasteiger partial charge in [-0.3, -0.25) is 4.79 Å². The van der Waals surface area contributed by atoms with Crippen LogP contribution in [-0.4, -0.2) is 33.4 Å². The molecular weight excluding hydrogens is 293 g/mol. The summed E-state index contributed by atoms with van der Waals surface area (Å²) in [6.07, 6.45) is 6.00. The summed E-state index contributed by atoms with van der Waals surface area (Å²) in [4.78, 5) is 18.4. The van der Waals surface area contributed by atoms with Crippen molar-refractivity contribution in [3.63, 3.8) is 0 Å². The van der Waals surface area contributed by atoms with Crippen LogP contribution in [0.2, 0.25) is 0 Å². The number of aryl methyl sites for hydroxylation is 2. The summed E-state index contributed by atoms with van der Waals surface area (Å²) in [5, 5.41) is 0. The molecule has 2 aromatic rings. The van der Waals surface area contributed by atoms with Gasteiger partial charge in [-0.1, -0.05) is 12.1 Å². The third kappa shape index (κ3) is 3.78. The lowest BCUT2D eigenvalue weighted by Crippen LogP contribution is -2.28. The summed E-state index contributed by atoms with van der Waals surface area (Å²) in [6, 6.07) is 6.73. The summed E-state index contributed by atoms with van der Waals surface area (Å²) < 4.78 is 15.4. The van der Waals surface area contributed by atoms with Gasteiger partial charge in [0.2, 0.25) is 5.91 Å². The van der Waals surface area contributed by atoms with Crippen molar-refractivity contribution in [1.82, 2.24) is 14.5 Å². The van der Waals surface area contributed by atoms with Crippen molar-refractivity contribution < 1.29 is 9.18 Å². The lowest BCUT2D eigenvalue weighted by atomic mass is 9.98. The van der Waals surface area contributed by atoms with E-state index in [0.29, 0.717) is 13.0 Å². The van der Waals surface area contributed by atoms with Crippen molar-refractivity contribution in [3.05, 3.63) is 53.9 Å². The van der Waals surface area contributed by atoms with E-state index >= 15 is 0 Å². The number of hydrogen-bond donors (Lipinski definition) is 0. The smallest absolute Gasteiger partial charge is 0.222 e. The maximum absolute atomic E-state index is 13.3. The maximum atomic E-state index is 13.3. The van der Waals surface area contributed by atoms with Gasteiger partial charge in [-0.2, -0.15) is 0 Å². The van der Waals surface area contributed by atoms with Gasteiger partial charge in [0.05, 0.1) is 0 Å². The van der Waals surface area contributed by atoms with E-state index < -0.39 is 0 Å². The molecule has 1 amide bonds. The molecule has 1 aromatic heterocycles. The van der Waals surface area contributed by atoms with E-state index in [2.05, 4.69) is 9.55 Å². The fraction of sp³-hybridized carbons (Fsp3) is 0.444. The van der Waals surface area contributed by atoms with Crippen LogP contribution in [0.3, 0.4) is 0 Å². The third-order valence-corrected chi connectivity index (χ3v) is 4.57. The molecule has 1 aliphatic heterocycles. The van der Waals surface area contributed by atoms with E-state index in [0.717, 1.165) is 37.3 Å². The van der Waals surface area contributed by atoms with Gasteiger partial charge < -0.3 is 9.47 Å². The third-order valence-electron chi connectivity index (χ3n) is 4.57. The van der Waals surface area contributed by atoms with E-state index in [1.807, 2.05) is 24.1 Å². The van der Waals surface area contributed by atoms with Gasteiger partial charge in [0.15, 0.2) is 0 Å². The summed E-state index contributed by atoms with van der Waals surface area (Å²) in [5.41, 5.74) is 0.995. The first-order valence-corrected chi connectivity index (χ1v) is 8.14. The summed E-state index contributed by atoms with van der Waals surface area (Å²) in [6.45, 7) is 4.25. The number of imidazole rings is 1. The first kappa shape index (κ1) is 15.7. The fourth-order valence-corrected chi connectivity index (χ4v) is 3.22. The monoisotopic (exact) mass is 315 g/mol. The van der Waals surface area contributed by atoms with Crippen molar-refractivity contribution in [2.45, 2.75) is 38.6 Å². The number of carbonyl (C=O) groups excluding carboxylic acids is 1. The van der Waals surface area contributed by atoms with Crippen molar-refractivity contribution in [1.29, 1.82) is 0 Å². The number of hydrogen-bond acceptors (Lipinski definition) is 2. The Labute approximate surface area is 135 Å². The number of likely N-dealkylation sites (tertiary alicyclic amines) is 1. The van der Waals surface area contributed by atoms with Crippen LogP contribution >= 0.6 is 0 Å². The van der Waals surface area contributed by atoms with Gasteiger partial charge in [-0.15, -0.1) is 0 Å². The van der Waals surface area contributed by atoms with Gasteiger partial charge in [0, 0.05) is 44.4 Å². The zero-order valence-electron chi connectivity index (χ0n) is 13.4. The molecule has 0 radical (unpaired) electrons. The first-order valence-electron chi connectivity index (χ1n) is 8.14. The highest BCUT2D eigenvalue weighted by Crippen LogP contribution is 2.28. The number of benzene rings is 1. The van der Waals surface area contributed by atoms with Crippen LogP contribution in [0.15, 0.2) is 36.7 Å². The second kappa shape index (κ2) is 6.94. The van der Waals surface area contributed by atoms with Gasteiger partial charge in [-0.05, 0) is 37.5 Å². The molecule has 1 fully saturated rings.